The van der Waals surface area contributed by atoms with Gasteiger partial charge in [0.25, 0.3) is 10.0 Å². The highest BCUT2D eigenvalue weighted by Gasteiger charge is 2.27. The van der Waals surface area contributed by atoms with E-state index in [-0.39, 0.29) is 32.6 Å². The molecule has 29 heavy (non-hydrogen) atoms. The van der Waals surface area contributed by atoms with E-state index in [1.54, 1.807) is 24.3 Å². The molecule has 2 aromatic heterocycles. The lowest BCUT2D eigenvalue weighted by atomic mass is 10.1. The maximum atomic E-state index is 13.1. The van der Waals surface area contributed by atoms with Crippen LogP contribution in [0.25, 0.3) is 21.9 Å². The highest BCUT2D eigenvalue weighted by Crippen LogP contribution is 2.40. The Hall–Kier alpha value is -3.59. The molecule has 0 saturated heterocycles. The molecular formula is C20H15NO7S. The van der Waals surface area contributed by atoms with Gasteiger partial charge in [-0.25, -0.2) is 4.79 Å². The molecule has 8 nitrogen and oxygen atoms in total. The van der Waals surface area contributed by atoms with Gasteiger partial charge in [-0.3, -0.25) is 0 Å². The average molecular weight is 413 g/mol. The molecule has 4 aromatic rings. The topological polar surface area (TPSA) is 108 Å². The lowest BCUT2D eigenvalue weighted by molar-refractivity contribution is 0.402. The molecule has 0 aliphatic carbocycles. The van der Waals surface area contributed by atoms with Crippen LogP contribution in [0, 0.1) is 0 Å². The summed E-state index contributed by atoms with van der Waals surface area (Å²) in [4.78, 5) is 11.6. The van der Waals surface area contributed by atoms with Crippen molar-refractivity contribution in [3.05, 3.63) is 64.7 Å². The van der Waals surface area contributed by atoms with Crippen LogP contribution in [0.5, 0.6) is 11.5 Å². The van der Waals surface area contributed by atoms with Crippen LogP contribution in [-0.4, -0.2) is 28.9 Å². The van der Waals surface area contributed by atoms with Gasteiger partial charge < -0.3 is 18.3 Å². The van der Waals surface area contributed by atoms with Gasteiger partial charge in [-0.05, 0) is 42.0 Å². The Balaban J connectivity index is 1.94. The molecule has 0 spiro atoms. The molecule has 0 bridgehead atoms. The molecule has 0 saturated carbocycles. The Bertz CT molecular complexity index is 1400. The number of hydrogen-bond acceptors (Lipinski definition) is 7. The van der Waals surface area contributed by atoms with Crippen molar-refractivity contribution in [2.24, 2.45) is 4.40 Å². The van der Waals surface area contributed by atoms with Crippen molar-refractivity contribution in [2.75, 3.05) is 14.2 Å². The van der Waals surface area contributed by atoms with Crippen molar-refractivity contribution in [3.63, 3.8) is 0 Å². The van der Waals surface area contributed by atoms with Crippen molar-refractivity contribution in [3.8, 4) is 11.5 Å². The van der Waals surface area contributed by atoms with Crippen LogP contribution in [0.2, 0.25) is 0 Å². The summed E-state index contributed by atoms with van der Waals surface area (Å²) in [5.74, 6) is 0.775. The zero-order chi connectivity index (χ0) is 20.6. The van der Waals surface area contributed by atoms with Crippen LogP contribution >= 0.6 is 0 Å². The first-order valence-corrected chi connectivity index (χ1v) is 9.84. The summed E-state index contributed by atoms with van der Waals surface area (Å²) in [5.41, 5.74) is 0.0437. The molecule has 9 heteroatoms. The standard InChI is InChI=1S/C20H15NO7S/c1-25-13-5-3-12(4-6-13)11-21-29(23,24)20-14-7-8-16(22)28-18(14)19(26-2)17-15(20)9-10-27-17/h3-11H,1-2H3/b21-11+. The van der Waals surface area contributed by atoms with Crippen LogP contribution in [0.3, 0.4) is 0 Å². The van der Waals surface area contributed by atoms with Gasteiger partial charge in [0.05, 0.1) is 20.5 Å². The number of ether oxygens (including phenoxy) is 2. The number of benzene rings is 2. The molecule has 0 fully saturated rings. The monoisotopic (exact) mass is 413 g/mol. The second-order valence-corrected chi connectivity index (χ2v) is 7.57. The molecule has 0 N–H and O–H groups in total. The van der Waals surface area contributed by atoms with E-state index in [9.17, 15) is 13.2 Å². The van der Waals surface area contributed by atoms with Gasteiger partial charge in [-0.15, -0.1) is 0 Å². The van der Waals surface area contributed by atoms with E-state index in [4.69, 9.17) is 18.3 Å². The molecule has 4 rings (SSSR count). The third kappa shape index (κ3) is 3.25. The minimum Gasteiger partial charge on any atom is -0.497 e. The third-order valence-corrected chi connectivity index (χ3v) is 5.66. The van der Waals surface area contributed by atoms with Crippen molar-refractivity contribution >= 4 is 38.2 Å². The Morgan fingerprint density at radius 1 is 0.931 bits per heavy atom. The van der Waals surface area contributed by atoms with E-state index in [2.05, 4.69) is 4.40 Å². The van der Waals surface area contributed by atoms with Crippen LogP contribution in [-0.2, 0) is 10.0 Å². The van der Waals surface area contributed by atoms with Crippen molar-refractivity contribution in [1.82, 2.24) is 0 Å². The molecule has 0 radical (unpaired) electrons. The molecular weight excluding hydrogens is 398 g/mol. The highest BCUT2D eigenvalue weighted by atomic mass is 32.2. The van der Waals surface area contributed by atoms with Gasteiger partial charge in [0.2, 0.25) is 5.75 Å². The summed E-state index contributed by atoms with van der Waals surface area (Å²) < 4.78 is 51.0. The zero-order valence-electron chi connectivity index (χ0n) is 15.4. The minimum absolute atomic E-state index is 0.0272. The zero-order valence-corrected chi connectivity index (χ0v) is 16.2. The summed E-state index contributed by atoms with van der Waals surface area (Å²) in [6.45, 7) is 0. The van der Waals surface area contributed by atoms with E-state index >= 15 is 0 Å². The second-order valence-electron chi connectivity index (χ2n) is 6.01. The smallest absolute Gasteiger partial charge is 0.336 e. The van der Waals surface area contributed by atoms with Gasteiger partial charge in [-0.2, -0.15) is 12.8 Å². The van der Waals surface area contributed by atoms with Crippen LogP contribution in [0.1, 0.15) is 5.56 Å². The number of methoxy groups -OCH3 is 2. The summed E-state index contributed by atoms with van der Waals surface area (Å²) in [6.07, 6.45) is 2.56. The van der Waals surface area contributed by atoms with Crippen LogP contribution in [0.4, 0.5) is 0 Å². The molecule has 0 atom stereocenters. The summed E-state index contributed by atoms with van der Waals surface area (Å²) in [5, 5.41) is 0.442. The van der Waals surface area contributed by atoms with E-state index in [0.29, 0.717) is 11.3 Å². The largest absolute Gasteiger partial charge is 0.497 e. The maximum Gasteiger partial charge on any atom is 0.336 e. The number of fused-ring (bicyclic) bond motifs is 2. The summed E-state index contributed by atoms with van der Waals surface area (Å²) in [7, 11) is -1.26. The quantitative estimate of drug-likeness (QED) is 0.364. The Morgan fingerprint density at radius 2 is 1.66 bits per heavy atom. The Morgan fingerprint density at radius 3 is 2.34 bits per heavy atom. The lowest BCUT2D eigenvalue weighted by Crippen LogP contribution is -2.04. The molecule has 148 valence electrons. The number of hydrogen-bond donors (Lipinski definition) is 0. The van der Waals surface area contributed by atoms with Gasteiger partial charge in [0.1, 0.15) is 10.6 Å². The van der Waals surface area contributed by atoms with E-state index in [1.165, 1.54) is 38.8 Å². The first-order valence-electron chi connectivity index (χ1n) is 8.40. The molecule has 0 aliphatic rings. The summed E-state index contributed by atoms with van der Waals surface area (Å²) in [6, 6.07) is 10.7. The third-order valence-electron chi connectivity index (χ3n) is 4.32. The number of furan rings is 1. The van der Waals surface area contributed by atoms with Crippen molar-refractivity contribution in [2.45, 2.75) is 4.90 Å². The fourth-order valence-corrected chi connectivity index (χ4v) is 4.26. The molecule has 2 heterocycles. The predicted octanol–water partition coefficient (Wildman–Crippen LogP) is 3.36. The van der Waals surface area contributed by atoms with E-state index in [1.807, 2.05) is 0 Å². The molecule has 0 amide bonds. The fraction of sp³-hybridized carbons (Fsp3) is 0.100. The molecule has 2 aromatic carbocycles. The maximum absolute atomic E-state index is 13.1. The SMILES string of the molecule is COc1ccc(/C=N/S(=O)(=O)c2c3ccoc3c(OC)c3oc(=O)ccc23)cc1. The first kappa shape index (κ1) is 18.8. The Labute approximate surface area is 165 Å². The predicted molar refractivity (Wildman–Crippen MR) is 107 cm³/mol. The first-order chi connectivity index (χ1) is 13.9. The van der Waals surface area contributed by atoms with Crippen molar-refractivity contribution in [1.29, 1.82) is 0 Å². The highest BCUT2D eigenvalue weighted by molar-refractivity contribution is 7.90. The molecule has 0 aliphatic heterocycles. The normalized spacial score (nSPS) is 12.1. The van der Waals surface area contributed by atoms with Gasteiger partial charge in [0, 0.05) is 23.1 Å². The van der Waals surface area contributed by atoms with Gasteiger partial charge in [0.15, 0.2) is 11.2 Å². The van der Waals surface area contributed by atoms with Crippen LogP contribution in [0.15, 0.2) is 71.6 Å². The van der Waals surface area contributed by atoms with E-state index < -0.39 is 15.6 Å². The minimum atomic E-state index is -4.17. The number of sulfonamides is 1. The Kier molecular flexibility index (Phi) is 4.59. The average Bonchev–Trinajstić information content (AvgIpc) is 3.19. The lowest BCUT2D eigenvalue weighted by Gasteiger charge is -2.09. The number of nitrogens with zero attached hydrogens (tertiary/aromatic N) is 1. The summed E-state index contributed by atoms with van der Waals surface area (Å²) >= 11 is 0. The molecule has 0 unspecified atom stereocenters. The van der Waals surface area contributed by atoms with Gasteiger partial charge >= 0.3 is 5.63 Å². The van der Waals surface area contributed by atoms with Gasteiger partial charge in [-0.1, -0.05) is 0 Å². The fourth-order valence-electron chi connectivity index (χ4n) is 3.01. The van der Waals surface area contributed by atoms with E-state index in [0.717, 1.165) is 6.07 Å². The second kappa shape index (κ2) is 7.10. The van der Waals surface area contributed by atoms with Crippen LogP contribution < -0.4 is 15.1 Å². The number of rotatable bonds is 5. The van der Waals surface area contributed by atoms with Crippen molar-refractivity contribution < 1.29 is 26.7 Å².